The van der Waals surface area contributed by atoms with E-state index in [2.05, 4.69) is 4.90 Å². The molecule has 0 saturated carbocycles. The van der Waals surface area contributed by atoms with Gasteiger partial charge in [-0.3, -0.25) is 9.69 Å². The fraction of sp³-hybridized carbons (Fsp3) is 0.800. The molecule has 0 aromatic rings. The molecule has 2 N–H and O–H groups in total. The van der Waals surface area contributed by atoms with Crippen molar-refractivity contribution in [3.63, 3.8) is 0 Å². The average Bonchev–Trinajstić information content (AvgIpc) is 2.27. The summed E-state index contributed by atoms with van der Waals surface area (Å²) in [7, 11) is 0. The summed E-state index contributed by atoms with van der Waals surface area (Å²) in [6.07, 6.45) is 0.122. The number of nitrogens with two attached hydrogens (primary N) is 1. The van der Waals surface area contributed by atoms with Crippen LogP contribution < -0.4 is 5.73 Å². The first-order chi connectivity index (χ1) is 7.63. The summed E-state index contributed by atoms with van der Waals surface area (Å²) < 4.78 is 4.91. The summed E-state index contributed by atoms with van der Waals surface area (Å²) in [4.78, 5) is 25.8. The van der Waals surface area contributed by atoms with E-state index in [9.17, 15) is 9.59 Å². The zero-order valence-electron chi connectivity index (χ0n) is 9.65. The number of rotatable bonds is 4. The van der Waals surface area contributed by atoms with Gasteiger partial charge in [-0.2, -0.15) is 0 Å². The minimum Gasteiger partial charge on any atom is -0.450 e. The van der Waals surface area contributed by atoms with Crippen LogP contribution in [0.3, 0.4) is 0 Å². The Morgan fingerprint density at radius 1 is 1.25 bits per heavy atom. The SMILES string of the molecule is CCOC(=O)N1CCN(CCC(N)=O)CC1. The summed E-state index contributed by atoms with van der Waals surface area (Å²) in [6, 6.07) is 0. The minimum absolute atomic E-state index is 0.253. The zero-order valence-corrected chi connectivity index (χ0v) is 9.65. The van der Waals surface area contributed by atoms with Gasteiger partial charge in [-0.15, -0.1) is 0 Å². The number of hydrogen-bond donors (Lipinski definition) is 1. The van der Waals surface area contributed by atoms with Gasteiger partial charge in [0.15, 0.2) is 0 Å². The molecule has 0 spiro atoms. The minimum atomic E-state index is -0.284. The summed E-state index contributed by atoms with van der Waals surface area (Å²) in [6.45, 7) is 5.71. The number of ether oxygens (including phenoxy) is 1. The second kappa shape index (κ2) is 6.32. The Bertz CT molecular complexity index is 250. The molecule has 1 heterocycles. The standard InChI is InChI=1S/C10H19N3O3/c1-2-16-10(15)13-7-5-12(6-8-13)4-3-9(11)14/h2-8H2,1H3,(H2,11,14). The Balaban J connectivity index is 2.23. The third-order valence-corrected chi connectivity index (χ3v) is 2.57. The molecule has 2 amide bonds. The van der Waals surface area contributed by atoms with Crippen LogP contribution in [0.4, 0.5) is 4.79 Å². The third-order valence-electron chi connectivity index (χ3n) is 2.57. The molecule has 0 bridgehead atoms. The summed E-state index contributed by atoms with van der Waals surface area (Å²) in [5.74, 6) is -0.284. The summed E-state index contributed by atoms with van der Waals surface area (Å²) in [5, 5.41) is 0. The van der Waals surface area contributed by atoms with Crippen molar-refractivity contribution in [1.29, 1.82) is 0 Å². The highest BCUT2D eigenvalue weighted by atomic mass is 16.6. The third kappa shape index (κ3) is 4.06. The number of amides is 2. The monoisotopic (exact) mass is 229 g/mol. The molecule has 0 atom stereocenters. The van der Waals surface area contributed by atoms with Crippen molar-refractivity contribution < 1.29 is 14.3 Å². The van der Waals surface area contributed by atoms with Gasteiger partial charge in [0.2, 0.25) is 5.91 Å². The van der Waals surface area contributed by atoms with Crippen LogP contribution in [0.1, 0.15) is 13.3 Å². The lowest BCUT2D eigenvalue weighted by Gasteiger charge is -2.33. The van der Waals surface area contributed by atoms with Crippen LogP contribution in [0.5, 0.6) is 0 Å². The van der Waals surface area contributed by atoms with Crippen molar-refractivity contribution in [3.05, 3.63) is 0 Å². The largest absolute Gasteiger partial charge is 0.450 e. The Kier molecular flexibility index (Phi) is 5.04. The molecule has 6 nitrogen and oxygen atoms in total. The maximum Gasteiger partial charge on any atom is 0.409 e. The average molecular weight is 229 g/mol. The molecule has 1 aliphatic rings. The summed E-state index contributed by atoms with van der Waals surface area (Å²) in [5.41, 5.74) is 5.07. The first kappa shape index (κ1) is 12.8. The van der Waals surface area contributed by atoms with Crippen molar-refractivity contribution in [1.82, 2.24) is 9.80 Å². The van der Waals surface area contributed by atoms with Crippen molar-refractivity contribution >= 4 is 12.0 Å². The Labute approximate surface area is 95.3 Å². The van der Waals surface area contributed by atoms with Crippen LogP contribution in [-0.4, -0.2) is 61.1 Å². The van der Waals surface area contributed by atoms with Crippen LogP contribution in [0.15, 0.2) is 0 Å². The molecule has 16 heavy (non-hydrogen) atoms. The maximum absolute atomic E-state index is 11.4. The van der Waals surface area contributed by atoms with Gasteiger partial charge in [0.05, 0.1) is 6.61 Å². The fourth-order valence-corrected chi connectivity index (χ4v) is 1.64. The van der Waals surface area contributed by atoms with E-state index in [1.165, 1.54) is 0 Å². The highest BCUT2D eigenvalue weighted by Crippen LogP contribution is 2.04. The van der Waals surface area contributed by atoms with Gasteiger partial charge in [-0.1, -0.05) is 0 Å². The van der Waals surface area contributed by atoms with E-state index < -0.39 is 0 Å². The maximum atomic E-state index is 11.4. The lowest BCUT2D eigenvalue weighted by molar-refractivity contribution is -0.118. The van der Waals surface area contributed by atoms with E-state index in [1.54, 1.807) is 11.8 Å². The first-order valence-corrected chi connectivity index (χ1v) is 5.56. The number of carbonyl (C=O) groups is 2. The van der Waals surface area contributed by atoms with Gasteiger partial charge in [-0.05, 0) is 6.92 Å². The number of hydrogen-bond acceptors (Lipinski definition) is 4. The van der Waals surface area contributed by atoms with Crippen LogP contribution in [0, 0.1) is 0 Å². The fourth-order valence-electron chi connectivity index (χ4n) is 1.64. The molecule has 0 aromatic carbocycles. The van der Waals surface area contributed by atoms with Crippen LogP contribution in [0.2, 0.25) is 0 Å². The smallest absolute Gasteiger partial charge is 0.409 e. The molecular weight excluding hydrogens is 210 g/mol. The van der Waals surface area contributed by atoms with Gasteiger partial charge < -0.3 is 15.4 Å². The second-order valence-electron chi connectivity index (χ2n) is 3.74. The number of primary amides is 1. The van der Waals surface area contributed by atoms with Crippen molar-refractivity contribution in [2.75, 3.05) is 39.3 Å². The molecule has 0 unspecified atom stereocenters. The Hall–Kier alpha value is -1.30. The van der Waals surface area contributed by atoms with E-state index in [0.717, 1.165) is 13.1 Å². The topological polar surface area (TPSA) is 75.9 Å². The van der Waals surface area contributed by atoms with E-state index in [-0.39, 0.29) is 12.0 Å². The molecule has 92 valence electrons. The van der Waals surface area contributed by atoms with Gasteiger partial charge in [0.25, 0.3) is 0 Å². The van der Waals surface area contributed by atoms with E-state index in [4.69, 9.17) is 10.5 Å². The van der Waals surface area contributed by atoms with Gasteiger partial charge in [0.1, 0.15) is 0 Å². The number of nitrogens with zero attached hydrogens (tertiary/aromatic N) is 2. The molecule has 1 aliphatic heterocycles. The van der Waals surface area contributed by atoms with E-state index >= 15 is 0 Å². The van der Waals surface area contributed by atoms with Crippen molar-refractivity contribution in [3.8, 4) is 0 Å². The normalized spacial score (nSPS) is 17.2. The second-order valence-corrected chi connectivity index (χ2v) is 3.74. The van der Waals surface area contributed by atoms with E-state index in [0.29, 0.717) is 32.7 Å². The molecule has 0 aromatic heterocycles. The lowest BCUT2D eigenvalue weighted by Crippen LogP contribution is -2.49. The van der Waals surface area contributed by atoms with Crippen LogP contribution >= 0.6 is 0 Å². The van der Waals surface area contributed by atoms with Crippen LogP contribution in [-0.2, 0) is 9.53 Å². The van der Waals surface area contributed by atoms with Crippen molar-refractivity contribution in [2.24, 2.45) is 5.73 Å². The Morgan fingerprint density at radius 3 is 2.38 bits per heavy atom. The molecule has 0 radical (unpaired) electrons. The molecule has 0 aliphatic carbocycles. The lowest BCUT2D eigenvalue weighted by atomic mass is 10.3. The molecule has 1 fully saturated rings. The molecule has 1 saturated heterocycles. The predicted molar refractivity (Wildman–Crippen MR) is 58.8 cm³/mol. The van der Waals surface area contributed by atoms with Gasteiger partial charge in [-0.25, -0.2) is 4.79 Å². The van der Waals surface area contributed by atoms with E-state index in [1.807, 2.05) is 0 Å². The van der Waals surface area contributed by atoms with Gasteiger partial charge in [0, 0.05) is 39.1 Å². The molecular formula is C10H19N3O3. The molecule has 6 heteroatoms. The quantitative estimate of drug-likeness (QED) is 0.714. The van der Waals surface area contributed by atoms with Gasteiger partial charge >= 0.3 is 6.09 Å². The highest BCUT2D eigenvalue weighted by molar-refractivity contribution is 5.73. The number of piperazine rings is 1. The summed E-state index contributed by atoms with van der Waals surface area (Å²) >= 11 is 0. The highest BCUT2D eigenvalue weighted by Gasteiger charge is 2.21. The number of carbonyl (C=O) groups excluding carboxylic acids is 2. The zero-order chi connectivity index (χ0) is 12.0. The van der Waals surface area contributed by atoms with Crippen molar-refractivity contribution in [2.45, 2.75) is 13.3 Å². The molecule has 1 rings (SSSR count). The predicted octanol–water partition coefficient (Wildman–Crippen LogP) is -0.364. The Morgan fingerprint density at radius 2 is 1.88 bits per heavy atom. The first-order valence-electron chi connectivity index (χ1n) is 5.56. The van der Waals surface area contributed by atoms with Crippen LogP contribution in [0.25, 0.3) is 0 Å².